The summed E-state index contributed by atoms with van der Waals surface area (Å²) in [5.74, 6) is -1.15. The van der Waals surface area contributed by atoms with Gasteiger partial charge in [0.1, 0.15) is 17.6 Å². The van der Waals surface area contributed by atoms with Crippen LogP contribution in [0.15, 0.2) is 40.0 Å². The highest BCUT2D eigenvalue weighted by atomic mass is 79.9. The molecule has 0 bridgehead atoms. The summed E-state index contributed by atoms with van der Waals surface area (Å²) in [6.45, 7) is 4.79. The van der Waals surface area contributed by atoms with Crippen molar-refractivity contribution in [2.45, 2.75) is 45.0 Å². The standard InChI is InChI=1S/C25H27BrClF3N4O4/c1-13-12-33(20-9-22(37-3)31-11-17(20)27)7-6-21(13)38-15-4-5-18(16(26)8-15)34-19(10-23(35)36)14(2)24(32-34)25(28,29)30/h4-5,8-9,11,13-14,19,21H,6-7,10,12H2,1-3H3,(H,35,36)/t13-,14+,19+,21-/m1/s1. The molecule has 3 heterocycles. The summed E-state index contributed by atoms with van der Waals surface area (Å²) in [5.41, 5.74) is 0.174. The quantitative estimate of drug-likeness (QED) is 0.406. The van der Waals surface area contributed by atoms with Crippen LogP contribution in [0.5, 0.6) is 11.6 Å². The van der Waals surface area contributed by atoms with E-state index in [0.717, 1.165) is 10.7 Å². The van der Waals surface area contributed by atoms with E-state index < -0.39 is 36.2 Å². The van der Waals surface area contributed by atoms with Gasteiger partial charge in [-0.3, -0.25) is 9.80 Å². The molecule has 0 unspecified atom stereocenters. The Balaban J connectivity index is 1.49. The molecule has 0 saturated carbocycles. The van der Waals surface area contributed by atoms with Gasteiger partial charge in [0.2, 0.25) is 5.88 Å². The number of aromatic nitrogens is 1. The third-order valence-electron chi connectivity index (χ3n) is 6.85. The number of carboxylic acids is 1. The molecule has 38 heavy (non-hydrogen) atoms. The number of halogens is 5. The summed E-state index contributed by atoms with van der Waals surface area (Å²) in [5, 5.41) is 14.7. The number of carbonyl (C=O) groups is 1. The van der Waals surface area contributed by atoms with Crippen LogP contribution in [0, 0.1) is 11.8 Å². The molecule has 2 aliphatic heterocycles. The Morgan fingerprint density at radius 2 is 2.00 bits per heavy atom. The molecule has 0 aliphatic carbocycles. The van der Waals surface area contributed by atoms with E-state index in [9.17, 15) is 23.1 Å². The Bertz CT molecular complexity index is 1230. The second-order valence-corrected chi connectivity index (χ2v) is 10.7. The minimum Gasteiger partial charge on any atom is -0.490 e. The SMILES string of the molecule is COc1cc(N2CC[C@@H](Oc3ccc(N4N=C(C(F)(F)F)[C@@H](C)[C@@H]4CC(=O)O)c(Br)c3)[C@H](C)C2)c(Cl)cn1. The second kappa shape index (κ2) is 11.2. The number of alkyl halides is 3. The van der Waals surface area contributed by atoms with Crippen LogP contribution in [0.3, 0.4) is 0 Å². The number of carboxylic acid groups (broad SMARTS) is 1. The lowest BCUT2D eigenvalue weighted by molar-refractivity contribution is -0.137. The summed E-state index contributed by atoms with van der Waals surface area (Å²) in [7, 11) is 1.55. The summed E-state index contributed by atoms with van der Waals surface area (Å²) in [6.07, 6.45) is -2.97. The van der Waals surface area contributed by atoms with E-state index in [0.29, 0.717) is 46.3 Å². The molecule has 0 amide bonds. The van der Waals surface area contributed by atoms with Gasteiger partial charge in [0.15, 0.2) is 0 Å². The van der Waals surface area contributed by atoms with Gasteiger partial charge in [0, 0.05) is 41.9 Å². The van der Waals surface area contributed by atoms with E-state index in [2.05, 4.69) is 37.8 Å². The van der Waals surface area contributed by atoms with E-state index in [-0.39, 0.29) is 12.0 Å². The van der Waals surface area contributed by atoms with Crippen LogP contribution in [0.1, 0.15) is 26.7 Å². The number of methoxy groups -OCH3 is 1. The van der Waals surface area contributed by atoms with Crippen LogP contribution in [-0.4, -0.2) is 60.3 Å². The number of piperidine rings is 1. The predicted octanol–water partition coefficient (Wildman–Crippen LogP) is 6.02. The molecule has 8 nitrogen and oxygen atoms in total. The van der Waals surface area contributed by atoms with Gasteiger partial charge < -0.3 is 19.5 Å². The normalized spacial score (nSPS) is 23.8. The Morgan fingerprint density at radius 1 is 1.26 bits per heavy atom. The van der Waals surface area contributed by atoms with Gasteiger partial charge in [0.25, 0.3) is 0 Å². The number of anilines is 2. The Hall–Kier alpha value is -2.73. The maximum atomic E-state index is 13.5. The number of hydrazone groups is 1. The average Bonchev–Trinajstić information content (AvgIpc) is 3.16. The smallest absolute Gasteiger partial charge is 0.431 e. The van der Waals surface area contributed by atoms with Crippen molar-refractivity contribution in [3.8, 4) is 11.6 Å². The summed E-state index contributed by atoms with van der Waals surface area (Å²) >= 11 is 9.79. The third kappa shape index (κ3) is 5.96. The molecule has 2 aromatic rings. The first-order chi connectivity index (χ1) is 17.9. The fraction of sp³-hybridized carbons (Fsp3) is 0.480. The second-order valence-electron chi connectivity index (χ2n) is 9.44. The van der Waals surface area contributed by atoms with Crippen molar-refractivity contribution in [2.24, 2.45) is 16.9 Å². The molecule has 1 aromatic heterocycles. The number of benzene rings is 1. The largest absolute Gasteiger partial charge is 0.490 e. The fourth-order valence-corrected chi connectivity index (χ4v) is 5.63. The minimum atomic E-state index is -4.66. The maximum Gasteiger partial charge on any atom is 0.431 e. The monoisotopic (exact) mass is 618 g/mol. The molecule has 2 aliphatic rings. The first-order valence-corrected chi connectivity index (χ1v) is 13.1. The number of aliphatic carboxylic acids is 1. The molecular formula is C25H27BrClF3N4O4. The van der Waals surface area contributed by atoms with E-state index in [1.165, 1.54) is 6.92 Å². The molecule has 1 fully saturated rings. The van der Waals surface area contributed by atoms with Crippen molar-refractivity contribution in [1.82, 2.24) is 4.98 Å². The summed E-state index contributed by atoms with van der Waals surface area (Å²) in [4.78, 5) is 17.7. The van der Waals surface area contributed by atoms with E-state index in [4.69, 9.17) is 21.1 Å². The lowest BCUT2D eigenvalue weighted by Crippen LogP contribution is -2.44. The van der Waals surface area contributed by atoms with Crippen molar-refractivity contribution < 1.29 is 32.5 Å². The fourth-order valence-electron chi connectivity index (χ4n) is 4.87. The van der Waals surface area contributed by atoms with E-state index >= 15 is 0 Å². The van der Waals surface area contributed by atoms with Gasteiger partial charge in [-0.1, -0.05) is 25.4 Å². The van der Waals surface area contributed by atoms with Crippen molar-refractivity contribution in [1.29, 1.82) is 0 Å². The number of hydrogen-bond acceptors (Lipinski definition) is 7. The van der Waals surface area contributed by atoms with Crippen molar-refractivity contribution >= 4 is 50.6 Å². The molecule has 0 radical (unpaired) electrons. The van der Waals surface area contributed by atoms with Crippen LogP contribution in [0.25, 0.3) is 0 Å². The van der Waals surface area contributed by atoms with Crippen LogP contribution in [-0.2, 0) is 4.79 Å². The van der Waals surface area contributed by atoms with Gasteiger partial charge >= 0.3 is 12.1 Å². The zero-order valence-corrected chi connectivity index (χ0v) is 23.2. The molecule has 1 aromatic carbocycles. The van der Waals surface area contributed by atoms with Crippen molar-refractivity contribution in [2.75, 3.05) is 30.1 Å². The first kappa shape index (κ1) is 28.3. The summed E-state index contributed by atoms with van der Waals surface area (Å²) in [6, 6.07) is 5.74. The highest BCUT2D eigenvalue weighted by Gasteiger charge is 2.49. The van der Waals surface area contributed by atoms with E-state index in [1.807, 2.05) is 0 Å². The lowest BCUT2D eigenvalue weighted by atomic mass is 9.94. The topological polar surface area (TPSA) is 87.5 Å². The number of ether oxygens (including phenoxy) is 2. The Labute approximate surface area is 231 Å². The van der Waals surface area contributed by atoms with Crippen LogP contribution in [0.4, 0.5) is 24.5 Å². The molecule has 1 saturated heterocycles. The van der Waals surface area contributed by atoms with Crippen LogP contribution in [0.2, 0.25) is 5.02 Å². The molecule has 0 spiro atoms. The molecule has 1 N–H and O–H groups in total. The Kier molecular flexibility index (Phi) is 8.32. The molecule has 206 valence electrons. The third-order valence-corrected chi connectivity index (χ3v) is 7.78. The van der Waals surface area contributed by atoms with Gasteiger partial charge in [-0.2, -0.15) is 18.3 Å². The van der Waals surface area contributed by atoms with E-state index in [1.54, 1.807) is 37.6 Å². The van der Waals surface area contributed by atoms with Gasteiger partial charge in [-0.05, 0) is 34.1 Å². The molecular weight excluding hydrogens is 593 g/mol. The zero-order valence-electron chi connectivity index (χ0n) is 20.9. The molecule has 4 atom stereocenters. The summed E-state index contributed by atoms with van der Waals surface area (Å²) < 4.78 is 52.5. The van der Waals surface area contributed by atoms with Crippen molar-refractivity contribution in [3.05, 3.63) is 40.0 Å². The van der Waals surface area contributed by atoms with Crippen LogP contribution >= 0.6 is 27.5 Å². The minimum absolute atomic E-state index is 0.104. The van der Waals surface area contributed by atoms with Gasteiger partial charge in [0.05, 0.1) is 42.2 Å². The lowest BCUT2D eigenvalue weighted by Gasteiger charge is -2.38. The van der Waals surface area contributed by atoms with Crippen LogP contribution < -0.4 is 19.4 Å². The number of rotatable bonds is 7. The highest BCUT2D eigenvalue weighted by molar-refractivity contribution is 9.10. The predicted molar refractivity (Wildman–Crippen MR) is 142 cm³/mol. The number of pyridine rings is 1. The molecule has 13 heteroatoms. The van der Waals surface area contributed by atoms with Crippen molar-refractivity contribution in [3.63, 3.8) is 0 Å². The Morgan fingerprint density at radius 3 is 2.61 bits per heavy atom. The zero-order chi connectivity index (χ0) is 27.8. The average molecular weight is 620 g/mol. The highest BCUT2D eigenvalue weighted by Crippen LogP contribution is 2.41. The molecule has 4 rings (SSSR count). The maximum absolute atomic E-state index is 13.5. The van der Waals surface area contributed by atoms with Gasteiger partial charge in [-0.25, -0.2) is 4.98 Å². The number of hydrogen-bond donors (Lipinski definition) is 1. The van der Waals surface area contributed by atoms with Gasteiger partial charge in [-0.15, -0.1) is 0 Å². The number of nitrogens with zero attached hydrogens (tertiary/aromatic N) is 4. The first-order valence-electron chi connectivity index (χ1n) is 12.0.